The monoisotopic (exact) mass is 265 g/mol. The first kappa shape index (κ1) is 12.3. The summed E-state index contributed by atoms with van der Waals surface area (Å²) in [6.07, 6.45) is -0.0506. The molecule has 1 aliphatic heterocycles. The molecule has 19 heavy (non-hydrogen) atoms. The summed E-state index contributed by atoms with van der Waals surface area (Å²) >= 11 is 0. The van der Waals surface area contributed by atoms with Gasteiger partial charge in [0.1, 0.15) is 18.2 Å². The van der Waals surface area contributed by atoms with E-state index in [2.05, 4.69) is 15.1 Å². The lowest BCUT2D eigenvalue weighted by atomic mass is 10.2. The van der Waals surface area contributed by atoms with Crippen LogP contribution in [0.5, 0.6) is 0 Å². The van der Waals surface area contributed by atoms with Crippen LogP contribution in [0.4, 0.5) is 5.82 Å². The molecular formula is C11H15N5O3. The highest BCUT2D eigenvalue weighted by Crippen LogP contribution is 2.32. The molecule has 1 saturated heterocycles. The van der Waals surface area contributed by atoms with E-state index in [0.29, 0.717) is 29.0 Å². The summed E-state index contributed by atoms with van der Waals surface area (Å²) in [6, 6.07) is 0. The Kier molecular flexibility index (Phi) is 2.85. The summed E-state index contributed by atoms with van der Waals surface area (Å²) in [5.74, 6) is 0.367. The molecule has 8 nitrogen and oxygen atoms in total. The quantitative estimate of drug-likeness (QED) is 0.660. The van der Waals surface area contributed by atoms with Gasteiger partial charge in [-0.3, -0.25) is 0 Å². The van der Waals surface area contributed by atoms with Crippen molar-refractivity contribution >= 4 is 16.9 Å². The molecule has 1 aliphatic rings. The van der Waals surface area contributed by atoms with E-state index in [-0.39, 0.29) is 6.61 Å². The smallest absolute Gasteiger partial charge is 0.166 e. The van der Waals surface area contributed by atoms with E-state index in [1.807, 2.05) is 6.92 Å². The number of aromatic nitrogens is 4. The standard InChI is InChI=1S/C11H15N5O3/c1-5-9-10(12)13-4-14-11(9)16(15-5)8-2-6(18)7(3-17)19-8/h4,6-8,17-18H,2-3H2,1H3,(H2,12,13,14)/t6?,7-,8-/m1/s1. The molecule has 1 unspecified atom stereocenters. The number of aryl methyl sites for hydroxylation is 1. The van der Waals surface area contributed by atoms with Crippen molar-refractivity contribution in [3.8, 4) is 0 Å². The van der Waals surface area contributed by atoms with Crippen LogP contribution in [0.3, 0.4) is 0 Å². The molecule has 0 amide bonds. The van der Waals surface area contributed by atoms with Crippen LogP contribution >= 0.6 is 0 Å². The summed E-state index contributed by atoms with van der Waals surface area (Å²) in [6.45, 7) is 1.58. The fraction of sp³-hybridized carbons (Fsp3) is 0.545. The van der Waals surface area contributed by atoms with Gasteiger partial charge in [-0.1, -0.05) is 0 Å². The second kappa shape index (κ2) is 4.41. The molecule has 2 aromatic rings. The van der Waals surface area contributed by atoms with Crippen molar-refractivity contribution in [3.63, 3.8) is 0 Å². The third kappa shape index (κ3) is 1.84. The molecule has 3 heterocycles. The Morgan fingerprint density at radius 3 is 3.00 bits per heavy atom. The normalized spacial score (nSPS) is 27.2. The van der Waals surface area contributed by atoms with Crippen molar-refractivity contribution in [2.24, 2.45) is 0 Å². The number of fused-ring (bicyclic) bond motifs is 1. The molecule has 0 radical (unpaired) electrons. The van der Waals surface area contributed by atoms with Crippen LogP contribution in [0, 0.1) is 6.92 Å². The van der Waals surface area contributed by atoms with Crippen molar-refractivity contribution in [1.82, 2.24) is 19.7 Å². The Hall–Kier alpha value is -1.77. The van der Waals surface area contributed by atoms with E-state index in [1.165, 1.54) is 6.33 Å². The maximum absolute atomic E-state index is 9.77. The summed E-state index contributed by atoms with van der Waals surface area (Å²) in [7, 11) is 0. The fourth-order valence-corrected chi connectivity index (χ4v) is 2.40. The number of nitrogens with zero attached hydrogens (tertiary/aromatic N) is 4. The molecule has 0 saturated carbocycles. The lowest BCUT2D eigenvalue weighted by Gasteiger charge is -2.12. The summed E-state index contributed by atoms with van der Waals surface area (Å²) in [4.78, 5) is 8.11. The van der Waals surface area contributed by atoms with Crippen molar-refractivity contribution in [2.45, 2.75) is 31.8 Å². The zero-order chi connectivity index (χ0) is 13.6. The van der Waals surface area contributed by atoms with Crippen LogP contribution in [0.15, 0.2) is 6.33 Å². The van der Waals surface area contributed by atoms with Crippen LogP contribution in [0.2, 0.25) is 0 Å². The van der Waals surface area contributed by atoms with E-state index in [4.69, 9.17) is 15.6 Å². The van der Waals surface area contributed by atoms with Gasteiger partial charge in [-0.05, 0) is 6.92 Å². The van der Waals surface area contributed by atoms with Gasteiger partial charge in [-0.25, -0.2) is 14.6 Å². The Morgan fingerprint density at radius 2 is 2.32 bits per heavy atom. The third-order valence-corrected chi connectivity index (χ3v) is 3.35. The van der Waals surface area contributed by atoms with Gasteiger partial charge in [0, 0.05) is 6.42 Å². The number of rotatable bonds is 2. The van der Waals surface area contributed by atoms with Crippen molar-refractivity contribution in [1.29, 1.82) is 0 Å². The summed E-state index contributed by atoms with van der Waals surface area (Å²) in [5.41, 5.74) is 7.09. The molecule has 8 heteroatoms. The largest absolute Gasteiger partial charge is 0.394 e. The van der Waals surface area contributed by atoms with Crippen LogP contribution < -0.4 is 5.73 Å². The highest BCUT2D eigenvalue weighted by molar-refractivity contribution is 5.87. The molecule has 0 bridgehead atoms. The number of anilines is 1. The van der Waals surface area contributed by atoms with Gasteiger partial charge in [-0.15, -0.1) is 0 Å². The summed E-state index contributed by atoms with van der Waals surface area (Å²) < 4.78 is 7.15. The van der Waals surface area contributed by atoms with Gasteiger partial charge in [0.15, 0.2) is 11.9 Å². The van der Waals surface area contributed by atoms with Gasteiger partial charge in [0.25, 0.3) is 0 Å². The zero-order valence-electron chi connectivity index (χ0n) is 10.4. The van der Waals surface area contributed by atoms with E-state index < -0.39 is 18.4 Å². The topological polar surface area (TPSA) is 119 Å². The number of ether oxygens (including phenoxy) is 1. The average molecular weight is 265 g/mol. The minimum Gasteiger partial charge on any atom is -0.394 e. The van der Waals surface area contributed by atoms with E-state index in [9.17, 15) is 5.11 Å². The highest BCUT2D eigenvalue weighted by Gasteiger charge is 2.36. The number of hydrogen-bond acceptors (Lipinski definition) is 7. The number of aliphatic hydroxyl groups excluding tert-OH is 2. The van der Waals surface area contributed by atoms with Crippen molar-refractivity contribution in [3.05, 3.63) is 12.0 Å². The maximum atomic E-state index is 9.77. The van der Waals surface area contributed by atoms with Crippen molar-refractivity contribution < 1.29 is 14.9 Å². The number of nitrogens with two attached hydrogens (primary N) is 1. The molecular weight excluding hydrogens is 250 g/mol. The first-order valence-corrected chi connectivity index (χ1v) is 6.01. The van der Waals surface area contributed by atoms with E-state index in [1.54, 1.807) is 4.68 Å². The first-order valence-electron chi connectivity index (χ1n) is 6.01. The van der Waals surface area contributed by atoms with Crippen molar-refractivity contribution in [2.75, 3.05) is 12.3 Å². The average Bonchev–Trinajstić information content (AvgIpc) is 2.91. The van der Waals surface area contributed by atoms with Gasteiger partial charge in [-0.2, -0.15) is 5.10 Å². The first-order chi connectivity index (χ1) is 9.11. The summed E-state index contributed by atoms with van der Waals surface area (Å²) in [5, 5.41) is 23.9. The fourth-order valence-electron chi connectivity index (χ4n) is 2.40. The van der Waals surface area contributed by atoms with E-state index >= 15 is 0 Å². The maximum Gasteiger partial charge on any atom is 0.166 e. The Morgan fingerprint density at radius 1 is 1.53 bits per heavy atom. The lowest BCUT2D eigenvalue weighted by molar-refractivity contribution is -0.0471. The SMILES string of the molecule is Cc1nn([C@H]2CC(O)[C@@H](CO)O2)c2ncnc(N)c12. The predicted molar refractivity (Wildman–Crippen MR) is 66.1 cm³/mol. The molecule has 4 N–H and O–H groups in total. The zero-order valence-corrected chi connectivity index (χ0v) is 10.4. The number of nitrogen functional groups attached to an aromatic ring is 1. The molecule has 102 valence electrons. The highest BCUT2D eigenvalue weighted by atomic mass is 16.5. The van der Waals surface area contributed by atoms with Crippen LogP contribution in [-0.4, -0.2) is 48.8 Å². The minimum absolute atomic E-state index is 0.229. The Balaban J connectivity index is 2.05. The number of aliphatic hydroxyl groups is 2. The van der Waals surface area contributed by atoms with Gasteiger partial charge >= 0.3 is 0 Å². The van der Waals surface area contributed by atoms with Crippen LogP contribution in [0.25, 0.3) is 11.0 Å². The molecule has 0 spiro atoms. The Bertz CT molecular complexity index is 614. The Labute approximate surface area is 108 Å². The van der Waals surface area contributed by atoms with Gasteiger partial charge in [0.2, 0.25) is 0 Å². The van der Waals surface area contributed by atoms with Gasteiger partial charge < -0.3 is 20.7 Å². The van der Waals surface area contributed by atoms with E-state index in [0.717, 1.165) is 0 Å². The van der Waals surface area contributed by atoms with Crippen LogP contribution in [0.1, 0.15) is 18.3 Å². The second-order valence-corrected chi connectivity index (χ2v) is 4.60. The molecule has 2 aromatic heterocycles. The molecule has 3 atom stereocenters. The molecule has 0 aliphatic carbocycles. The van der Waals surface area contributed by atoms with Crippen LogP contribution in [-0.2, 0) is 4.74 Å². The lowest BCUT2D eigenvalue weighted by Crippen LogP contribution is -2.24. The molecule has 0 aromatic carbocycles. The number of hydrogen-bond donors (Lipinski definition) is 3. The third-order valence-electron chi connectivity index (χ3n) is 3.35. The predicted octanol–water partition coefficient (Wildman–Crippen LogP) is -0.642. The molecule has 1 fully saturated rings. The van der Waals surface area contributed by atoms with Gasteiger partial charge in [0.05, 0.1) is 23.8 Å². The molecule has 3 rings (SSSR count). The second-order valence-electron chi connectivity index (χ2n) is 4.60. The minimum atomic E-state index is -0.714.